The van der Waals surface area contributed by atoms with E-state index in [0.29, 0.717) is 12.8 Å². The number of ether oxygens (including phenoxy) is 1. The van der Waals surface area contributed by atoms with Gasteiger partial charge in [0, 0.05) is 17.4 Å². The van der Waals surface area contributed by atoms with Gasteiger partial charge in [0.2, 0.25) is 16.9 Å². The predicted molar refractivity (Wildman–Crippen MR) is 138 cm³/mol. The fourth-order valence-electron chi connectivity index (χ4n) is 5.00. The molecule has 2 aromatic heterocycles. The van der Waals surface area contributed by atoms with Crippen LogP contribution in [0.15, 0.2) is 17.8 Å². The molecule has 40 heavy (non-hydrogen) atoms. The predicted octanol–water partition coefficient (Wildman–Crippen LogP) is -1.31. The highest BCUT2D eigenvalue weighted by Crippen LogP contribution is 2.35. The number of amides is 3. The van der Waals surface area contributed by atoms with Crippen molar-refractivity contribution in [2.45, 2.75) is 67.5 Å². The maximum absolute atomic E-state index is 12.4. The SMILES string of the molecule is N=[N+]=N[C@H]1[C@H](O)[C@@H](COS(=O)(=O)NC(=O)CCCC[C@@H]2SC[C@@H]3NC(=O)N[C@@H]32)O[C@H]1n1cnc2c(N)ncnc21. The van der Waals surface area contributed by atoms with Crippen molar-refractivity contribution in [1.29, 1.82) is 5.53 Å². The Labute approximate surface area is 231 Å². The van der Waals surface area contributed by atoms with Gasteiger partial charge in [-0.05, 0) is 12.8 Å². The summed E-state index contributed by atoms with van der Waals surface area (Å²) >= 11 is 1.76. The summed E-state index contributed by atoms with van der Waals surface area (Å²) in [5, 5.41) is 20.4. The molecule has 20 heteroatoms. The Morgan fingerprint density at radius 1 is 1.38 bits per heavy atom. The Bertz CT molecular complexity index is 1430. The molecule has 0 spiro atoms. The van der Waals surface area contributed by atoms with Crippen molar-refractivity contribution >= 4 is 51.0 Å². The molecule has 5 heterocycles. The molecule has 216 valence electrons. The van der Waals surface area contributed by atoms with Crippen LogP contribution in [-0.4, -0.2) is 92.9 Å². The molecule has 0 radical (unpaired) electrons. The molecule has 0 aromatic carbocycles. The second kappa shape index (κ2) is 11.6. The summed E-state index contributed by atoms with van der Waals surface area (Å²) in [6.45, 7) is -0.644. The highest BCUT2D eigenvalue weighted by atomic mass is 32.2. The van der Waals surface area contributed by atoms with E-state index in [9.17, 15) is 23.1 Å². The number of nitrogens with two attached hydrogens (primary N) is 1. The summed E-state index contributed by atoms with van der Waals surface area (Å²) in [7, 11) is -4.50. The van der Waals surface area contributed by atoms with E-state index in [1.54, 1.807) is 11.8 Å². The Morgan fingerprint density at radius 3 is 3.00 bits per heavy atom. The number of thioether (sulfide) groups is 1. The summed E-state index contributed by atoms with van der Waals surface area (Å²) in [6.07, 6.45) is 0.763. The van der Waals surface area contributed by atoms with Crippen molar-refractivity contribution in [3.05, 3.63) is 12.7 Å². The summed E-state index contributed by atoms with van der Waals surface area (Å²) < 4.78 is 38.7. The Hall–Kier alpha value is -3.42. The molecular formula is C20H28N11O7S2+. The van der Waals surface area contributed by atoms with Crippen LogP contribution < -0.4 is 26.0 Å². The zero-order valence-electron chi connectivity index (χ0n) is 20.9. The van der Waals surface area contributed by atoms with Crippen molar-refractivity contribution < 1.29 is 32.0 Å². The van der Waals surface area contributed by atoms with Gasteiger partial charge < -0.3 is 26.2 Å². The summed E-state index contributed by atoms with van der Waals surface area (Å²) in [6, 6.07) is -1.10. The molecule has 3 aliphatic heterocycles. The number of anilines is 1. The van der Waals surface area contributed by atoms with Crippen molar-refractivity contribution in [3.63, 3.8) is 0 Å². The Balaban J connectivity index is 1.11. The molecule has 5 rings (SSSR count). The standard InChI is InChI=1S/C20H27N11O7S2/c21-17-15-18(24-7-23-17)31(8-25-15)19-14(28-30-22)16(33)10(38-19)5-37-40(35,36)29-12(32)4-2-1-3-11-13-9(6-39-11)26-20(34)27-13/h7-11,13-14,16,19,22,33H,1-6H2,(H4-,21,23,24,26,27,29,32,34)/p+1/t9-,10+,11-,13-,14-,16+,19+/m0/s1. The van der Waals surface area contributed by atoms with Crippen molar-refractivity contribution in [2.24, 2.45) is 5.11 Å². The van der Waals surface area contributed by atoms with Gasteiger partial charge in [0.15, 0.2) is 17.7 Å². The summed E-state index contributed by atoms with van der Waals surface area (Å²) in [5.41, 5.74) is 13.5. The van der Waals surface area contributed by atoms with E-state index in [0.717, 1.165) is 12.2 Å². The first kappa shape index (κ1) is 28.1. The largest absolute Gasteiger partial charge is 0.388 e. The molecule has 0 unspecified atom stereocenters. The lowest BCUT2D eigenvalue weighted by Gasteiger charge is -2.16. The molecule has 7 N–H and O–H groups in total. The number of rotatable bonds is 11. The fraction of sp³-hybridized carbons (Fsp3) is 0.650. The van der Waals surface area contributed by atoms with Gasteiger partial charge in [-0.25, -0.2) is 24.5 Å². The van der Waals surface area contributed by atoms with Crippen molar-refractivity contribution in [3.8, 4) is 0 Å². The second-order valence-corrected chi connectivity index (χ2v) is 12.1. The second-order valence-electron chi connectivity index (χ2n) is 9.48. The van der Waals surface area contributed by atoms with Gasteiger partial charge in [0.1, 0.15) is 34.7 Å². The number of unbranched alkanes of at least 4 members (excludes halogenated alkanes) is 1. The fourth-order valence-corrected chi connectivity index (χ4v) is 7.29. The number of nitrogens with zero attached hydrogens (tertiary/aromatic N) is 6. The van der Waals surface area contributed by atoms with E-state index < -0.39 is 47.3 Å². The van der Waals surface area contributed by atoms with Crippen LogP contribution in [0.1, 0.15) is 31.9 Å². The maximum Gasteiger partial charge on any atom is 0.362 e. The molecule has 2 aromatic rings. The minimum Gasteiger partial charge on any atom is -0.388 e. The van der Waals surface area contributed by atoms with Crippen LogP contribution in [0.25, 0.3) is 11.2 Å². The van der Waals surface area contributed by atoms with E-state index in [4.69, 9.17) is 20.2 Å². The smallest absolute Gasteiger partial charge is 0.362 e. The number of hydrogen-bond acceptors (Lipinski definition) is 14. The zero-order valence-corrected chi connectivity index (χ0v) is 22.5. The number of urea groups is 1. The van der Waals surface area contributed by atoms with Crippen molar-refractivity contribution in [2.75, 3.05) is 18.1 Å². The number of aliphatic hydroxyl groups excluding tert-OH is 1. The molecule has 7 atom stereocenters. The first-order valence-corrected chi connectivity index (χ1v) is 14.8. The molecule has 3 amide bonds. The van der Waals surface area contributed by atoms with Crippen molar-refractivity contribution in [1.82, 2.24) is 39.8 Å². The summed E-state index contributed by atoms with van der Waals surface area (Å²) in [4.78, 5) is 38.8. The first-order chi connectivity index (χ1) is 19.2. The van der Waals surface area contributed by atoms with E-state index in [1.807, 2.05) is 4.72 Å². The number of aromatic nitrogens is 4. The number of nitrogen functional groups attached to an aromatic ring is 1. The third kappa shape index (κ3) is 5.86. The number of aliphatic hydroxyl groups is 1. The van der Waals surface area contributed by atoms with Crippen LogP contribution in [0, 0.1) is 5.53 Å². The molecule has 18 nitrogen and oxygen atoms in total. The minimum atomic E-state index is -4.50. The molecule has 0 aliphatic carbocycles. The van der Waals surface area contributed by atoms with E-state index in [-0.39, 0.29) is 46.8 Å². The number of nitrogens with one attached hydrogen (secondary N) is 4. The number of hydrogen-bond donors (Lipinski definition) is 6. The average Bonchev–Trinajstić information content (AvgIpc) is 3.65. The van der Waals surface area contributed by atoms with Gasteiger partial charge in [-0.2, -0.15) is 20.2 Å². The van der Waals surface area contributed by atoms with Crippen LogP contribution in [0.5, 0.6) is 0 Å². The molecule has 0 saturated carbocycles. The lowest BCUT2D eigenvalue weighted by molar-refractivity contribution is -0.119. The number of carbonyl (C=O) groups is 2. The number of imidazole rings is 1. The lowest BCUT2D eigenvalue weighted by Crippen LogP contribution is -2.37. The Kier molecular flexibility index (Phi) is 8.15. The molecule has 3 saturated heterocycles. The number of carbonyl (C=O) groups excluding carboxylic acids is 2. The van der Waals surface area contributed by atoms with Crippen LogP contribution in [0.2, 0.25) is 0 Å². The van der Waals surface area contributed by atoms with Gasteiger partial charge >= 0.3 is 16.3 Å². The first-order valence-electron chi connectivity index (χ1n) is 12.4. The zero-order chi connectivity index (χ0) is 28.4. The van der Waals surface area contributed by atoms with Gasteiger partial charge in [0.05, 0.1) is 25.0 Å². The van der Waals surface area contributed by atoms with Crippen LogP contribution in [-0.2, 0) is 24.0 Å². The van der Waals surface area contributed by atoms with Gasteiger partial charge in [-0.15, -0.1) is 0 Å². The van der Waals surface area contributed by atoms with E-state index >= 15 is 0 Å². The third-order valence-electron chi connectivity index (χ3n) is 6.90. The highest BCUT2D eigenvalue weighted by molar-refractivity contribution is 8.00. The van der Waals surface area contributed by atoms with Gasteiger partial charge in [-0.1, -0.05) is 6.42 Å². The van der Waals surface area contributed by atoms with E-state index in [2.05, 4.69) is 35.6 Å². The van der Waals surface area contributed by atoms with Gasteiger partial charge in [-0.3, -0.25) is 13.5 Å². The van der Waals surface area contributed by atoms with E-state index in [1.165, 1.54) is 17.2 Å². The molecular weight excluding hydrogens is 570 g/mol. The molecule has 0 bridgehead atoms. The highest BCUT2D eigenvalue weighted by Gasteiger charge is 2.49. The monoisotopic (exact) mass is 598 g/mol. The van der Waals surface area contributed by atoms with Gasteiger partial charge in [0.25, 0.3) is 0 Å². The van der Waals surface area contributed by atoms with Crippen LogP contribution >= 0.6 is 11.8 Å². The quantitative estimate of drug-likeness (QED) is 0.0762. The van der Waals surface area contributed by atoms with Crippen LogP contribution in [0.3, 0.4) is 0 Å². The van der Waals surface area contributed by atoms with Crippen LogP contribution in [0.4, 0.5) is 10.6 Å². The average molecular weight is 599 g/mol. The summed E-state index contributed by atoms with van der Waals surface area (Å²) in [5.74, 6) is 0.216. The topological polar surface area (TPSA) is 263 Å². The Morgan fingerprint density at radius 2 is 2.20 bits per heavy atom. The lowest BCUT2D eigenvalue weighted by atomic mass is 10.0. The maximum atomic E-state index is 12.4. The normalized spacial score (nSPS) is 29.5. The molecule has 3 fully saturated rings. The third-order valence-corrected chi connectivity index (χ3v) is 9.33. The number of fused-ring (bicyclic) bond motifs is 2. The molecule has 3 aliphatic rings. The minimum absolute atomic E-state index is 0.0338.